The average Bonchev–Trinajstić information content (AvgIpc) is 2.44. The fourth-order valence-corrected chi connectivity index (χ4v) is 1.75. The normalized spacial score (nSPS) is 14.8. The lowest BCUT2D eigenvalue weighted by Gasteiger charge is -2.08. The van der Waals surface area contributed by atoms with Crippen LogP contribution < -0.4 is 5.46 Å². The van der Waals surface area contributed by atoms with Crippen molar-refractivity contribution in [1.29, 1.82) is 0 Å². The fraction of sp³-hybridized carbons (Fsp3) is 0.333. The van der Waals surface area contributed by atoms with Crippen LogP contribution in [-0.4, -0.2) is 17.2 Å². The molecular formula is C9H11BO3. The fourth-order valence-electron chi connectivity index (χ4n) is 1.75. The Hall–Kier alpha value is -0.995. The first kappa shape index (κ1) is 8.60. The summed E-state index contributed by atoms with van der Waals surface area (Å²) in [7, 11) is -0.874. The van der Waals surface area contributed by atoms with E-state index in [0.717, 1.165) is 16.6 Å². The van der Waals surface area contributed by atoms with Gasteiger partial charge in [0.15, 0.2) is 0 Å². The molecule has 68 valence electrons. The summed E-state index contributed by atoms with van der Waals surface area (Å²) in [6.45, 7) is 4.12. The van der Waals surface area contributed by atoms with Crippen molar-refractivity contribution in [2.75, 3.05) is 0 Å². The Bertz CT molecular complexity index is 362. The van der Waals surface area contributed by atoms with Gasteiger partial charge < -0.3 is 14.8 Å². The molecule has 4 heteroatoms. The van der Waals surface area contributed by atoms with Crippen molar-refractivity contribution in [1.82, 2.24) is 0 Å². The molecule has 3 nitrogen and oxygen atoms in total. The third-order valence-corrected chi connectivity index (χ3v) is 2.58. The number of aryl methyl sites for hydroxylation is 1. The number of aromatic hydroxyl groups is 1. The van der Waals surface area contributed by atoms with Gasteiger partial charge in [-0.1, -0.05) is 0 Å². The Morgan fingerprint density at radius 1 is 1.46 bits per heavy atom. The Balaban J connectivity index is 2.70. The highest BCUT2D eigenvalue weighted by atomic mass is 16.5. The van der Waals surface area contributed by atoms with E-state index in [4.69, 9.17) is 4.65 Å². The maximum atomic E-state index is 9.52. The number of fused-ring (bicyclic) bond motifs is 1. The van der Waals surface area contributed by atoms with Crippen molar-refractivity contribution in [2.24, 2.45) is 0 Å². The molecule has 13 heavy (non-hydrogen) atoms. The molecule has 0 aliphatic carbocycles. The second kappa shape index (κ2) is 2.75. The van der Waals surface area contributed by atoms with Gasteiger partial charge in [-0.3, -0.25) is 0 Å². The standard InChI is InChI=1S/C9H11BO3/c1-5-3-8(11)6(2)9-7(5)4-13-10(9)12/h3,11-12H,4H2,1-2H3. The molecule has 1 aromatic rings. The third-order valence-electron chi connectivity index (χ3n) is 2.58. The number of rotatable bonds is 0. The van der Waals surface area contributed by atoms with E-state index in [0.29, 0.717) is 12.2 Å². The molecule has 1 aromatic carbocycles. The minimum Gasteiger partial charge on any atom is -0.508 e. The second-order valence-corrected chi connectivity index (χ2v) is 3.39. The zero-order valence-electron chi connectivity index (χ0n) is 7.66. The molecule has 0 unspecified atom stereocenters. The monoisotopic (exact) mass is 178 g/mol. The van der Waals surface area contributed by atoms with Crippen LogP contribution in [0.3, 0.4) is 0 Å². The molecule has 1 aliphatic heterocycles. The maximum absolute atomic E-state index is 9.52. The van der Waals surface area contributed by atoms with E-state index in [1.807, 2.05) is 6.92 Å². The number of hydrogen-bond donors (Lipinski definition) is 2. The molecule has 1 heterocycles. The van der Waals surface area contributed by atoms with Gasteiger partial charge in [0.05, 0.1) is 6.61 Å². The molecule has 0 saturated carbocycles. The van der Waals surface area contributed by atoms with Crippen molar-refractivity contribution in [3.05, 3.63) is 22.8 Å². The first-order chi connectivity index (χ1) is 6.11. The van der Waals surface area contributed by atoms with Gasteiger partial charge in [-0.15, -0.1) is 0 Å². The summed E-state index contributed by atoms with van der Waals surface area (Å²) in [6, 6.07) is 1.70. The van der Waals surface area contributed by atoms with Crippen LogP contribution in [0.5, 0.6) is 5.75 Å². The summed E-state index contributed by atoms with van der Waals surface area (Å²) in [6.07, 6.45) is 0. The molecule has 0 fully saturated rings. The van der Waals surface area contributed by atoms with Crippen molar-refractivity contribution >= 4 is 12.6 Å². The topological polar surface area (TPSA) is 49.7 Å². The summed E-state index contributed by atoms with van der Waals surface area (Å²) in [5, 5.41) is 19.0. The Morgan fingerprint density at radius 2 is 2.15 bits per heavy atom. The van der Waals surface area contributed by atoms with Crippen LogP contribution in [0.2, 0.25) is 0 Å². The summed E-state index contributed by atoms with van der Waals surface area (Å²) >= 11 is 0. The lowest BCUT2D eigenvalue weighted by atomic mass is 9.75. The van der Waals surface area contributed by atoms with E-state index in [-0.39, 0.29) is 5.75 Å². The largest absolute Gasteiger partial charge is 0.508 e. The van der Waals surface area contributed by atoms with Crippen LogP contribution in [0, 0.1) is 13.8 Å². The predicted octanol–water partition coefficient (Wildman–Crippen LogP) is 0.227. The molecule has 0 aromatic heterocycles. The van der Waals surface area contributed by atoms with E-state index in [2.05, 4.69) is 0 Å². The molecule has 0 bridgehead atoms. The minimum absolute atomic E-state index is 0.223. The van der Waals surface area contributed by atoms with Gasteiger partial charge in [-0.05, 0) is 42.1 Å². The van der Waals surface area contributed by atoms with Gasteiger partial charge in [0.2, 0.25) is 0 Å². The molecule has 0 atom stereocenters. The SMILES string of the molecule is Cc1cc(O)c(C)c2c1COB2O. The van der Waals surface area contributed by atoms with Crippen LogP contribution in [0.15, 0.2) is 6.07 Å². The van der Waals surface area contributed by atoms with E-state index in [1.54, 1.807) is 13.0 Å². The molecule has 0 radical (unpaired) electrons. The molecule has 2 rings (SSSR count). The molecule has 0 spiro atoms. The van der Waals surface area contributed by atoms with Gasteiger partial charge in [0.25, 0.3) is 0 Å². The number of phenols is 1. The quantitative estimate of drug-likeness (QED) is 0.559. The lowest BCUT2D eigenvalue weighted by Crippen LogP contribution is -2.30. The highest BCUT2D eigenvalue weighted by Crippen LogP contribution is 2.23. The van der Waals surface area contributed by atoms with Gasteiger partial charge in [0.1, 0.15) is 5.75 Å². The van der Waals surface area contributed by atoms with Crippen LogP contribution in [0.1, 0.15) is 16.7 Å². The number of hydrogen-bond acceptors (Lipinski definition) is 3. The van der Waals surface area contributed by atoms with Crippen molar-refractivity contribution < 1.29 is 14.8 Å². The summed E-state index contributed by atoms with van der Waals surface area (Å²) < 4.78 is 5.08. The highest BCUT2D eigenvalue weighted by Gasteiger charge is 2.31. The van der Waals surface area contributed by atoms with Crippen LogP contribution >= 0.6 is 0 Å². The molecule has 2 N–H and O–H groups in total. The average molecular weight is 178 g/mol. The van der Waals surface area contributed by atoms with E-state index >= 15 is 0 Å². The van der Waals surface area contributed by atoms with Crippen molar-refractivity contribution in [2.45, 2.75) is 20.5 Å². The van der Waals surface area contributed by atoms with E-state index in [1.165, 1.54) is 0 Å². The summed E-state index contributed by atoms with van der Waals surface area (Å²) in [5.74, 6) is 0.223. The molecular weight excluding hydrogens is 167 g/mol. The molecule has 0 amide bonds. The smallest absolute Gasteiger partial charge is 0.492 e. The zero-order valence-corrected chi connectivity index (χ0v) is 7.66. The first-order valence-corrected chi connectivity index (χ1v) is 4.23. The Labute approximate surface area is 77.1 Å². The second-order valence-electron chi connectivity index (χ2n) is 3.39. The summed E-state index contributed by atoms with van der Waals surface area (Å²) in [4.78, 5) is 0. The minimum atomic E-state index is -0.874. The van der Waals surface area contributed by atoms with Crippen molar-refractivity contribution in [3.8, 4) is 5.75 Å². The van der Waals surface area contributed by atoms with Gasteiger partial charge >= 0.3 is 7.12 Å². The third kappa shape index (κ3) is 1.14. The van der Waals surface area contributed by atoms with Gasteiger partial charge in [-0.2, -0.15) is 0 Å². The Morgan fingerprint density at radius 3 is 2.85 bits per heavy atom. The molecule has 0 saturated heterocycles. The van der Waals surface area contributed by atoms with Crippen LogP contribution in [0.4, 0.5) is 0 Å². The van der Waals surface area contributed by atoms with Gasteiger partial charge in [-0.25, -0.2) is 0 Å². The number of benzene rings is 1. The van der Waals surface area contributed by atoms with Crippen LogP contribution in [-0.2, 0) is 11.3 Å². The maximum Gasteiger partial charge on any atom is 0.492 e. The zero-order chi connectivity index (χ0) is 9.59. The number of phenolic OH excluding ortho intramolecular Hbond substituents is 1. The van der Waals surface area contributed by atoms with Crippen LogP contribution in [0.25, 0.3) is 0 Å². The Kier molecular flexibility index (Phi) is 1.82. The summed E-state index contributed by atoms with van der Waals surface area (Å²) in [5.41, 5.74) is 3.42. The predicted molar refractivity (Wildman–Crippen MR) is 50.0 cm³/mol. The van der Waals surface area contributed by atoms with Gasteiger partial charge in [0, 0.05) is 0 Å². The van der Waals surface area contributed by atoms with Crippen molar-refractivity contribution in [3.63, 3.8) is 0 Å². The van der Waals surface area contributed by atoms with E-state index in [9.17, 15) is 10.1 Å². The first-order valence-electron chi connectivity index (χ1n) is 4.23. The van der Waals surface area contributed by atoms with E-state index < -0.39 is 7.12 Å². The molecule has 1 aliphatic rings. The highest BCUT2D eigenvalue weighted by molar-refractivity contribution is 6.62. The lowest BCUT2D eigenvalue weighted by molar-refractivity contribution is 0.275.